The molecule has 1 amide bonds. The van der Waals surface area contributed by atoms with Gasteiger partial charge in [0.15, 0.2) is 0 Å². The summed E-state index contributed by atoms with van der Waals surface area (Å²) in [6.07, 6.45) is 1.45. The van der Waals surface area contributed by atoms with Crippen LogP contribution in [-0.4, -0.2) is 40.6 Å². The van der Waals surface area contributed by atoms with Crippen LogP contribution in [0.4, 0.5) is 11.4 Å². The summed E-state index contributed by atoms with van der Waals surface area (Å²) in [5.41, 5.74) is 1.81. The molecule has 0 spiro atoms. The van der Waals surface area contributed by atoms with Crippen molar-refractivity contribution >= 4 is 33.3 Å². The van der Waals surface area contributed by atoms with E-state index in [2.05, 4.69) is 5.32 Å². The van der Waals surface area contributed by atoms with Crippen molar-refractivity contribution in [2.75, 3.05) is 29.9 Å². The number of sulfonamides is 1. The Morgan fingerprint density at radius 3 is 2.27 bits per heavy atom. The summed E-state index contributed by atoms with van der Waals surface area (Å²) in [7, 11) is -2.74. The van der Waals surface area contributed by atoms with Crippen LogP contribution >= 0.6 is 0 Å². The number of para-hydroxylation sites is 1. The molecular formula is C28H30N2O6S. The third-order valence-corrected chi connectivity index (χ3v) is 8.15. The Labute approximate surface area is 217 Å². The zero-order chi connectivity index (χ0) is 26.6. The summed E-state index contributed by atoms with van der Waals surface area (Å²) in [5, 5.41) is 2.77. The molecule has 0 radical (unpaired) electrons. The van der Waals surface area contributed by atoms with Gasteiger partial charge in [-0.3, -0.25) is 13.9 Å². The van der Waals surface area contributed by atoms with Crippen molar-refractivity contribution in [3.8, 4) is 5.75 Å². The number of amides is 1. The summed E-state index contributed by atoms with van der Waals surface area (Å²) >= 11 is 0. The molecule has 1 N–H and O–H groups in total. The number of ether oxygens (including phenoxy) is 2. The van der Waals surface area contributed by atoms with Crippen LogP contribution in [0.25, 0.3) is 0 Å². The number of hydrogen-bond donors (Lipinski definition) is 1. The molecule has 0 saturated heterocycles. The first-order valence-corrected chi connectivity index (χ1v) is 13.5. The molecule has 1 fully saturated rings. The van der Waals surface area contributed by atoms with Crippen molar-refractivity contribution in [2.45, 2.75) is 37.0 Å². The molecule has 194 valence electrons. The van der Waals surface area contributed by atoms with Gasteiger partial charge in [0.25, 0.3) is 10.0 Å². The largest absolute Gasteiger partial charge is 0.495 e. The van der Waals surface area contributed by atoms with Crippen LogP contribution in [0.1, 0.15) is 30.9 Å². The molecule has 0 atom stereocenters. The lowest BCUT2D eigenvalue weighted by atomic mass is 9.96. The predicted octanol–water partition coefficient (Wildman–Crippen LogP) is 4.43. The number of hydrogen-bond acceptors (Lipinski definition) is 6. The summed E-state index contributed by atoms with van der Waals surface area (Å²) in [6, 6.07) is 20.3. The fraction of sp³-hybridized carbons (Fsp3) is 0.286. The number of aryl methyl sites for hydroxylation is 1. The number of esters is 1. The molecule has 9 heteroatoms. The van der Waals surface area contributed by atoms with Crippen molar-refractivity contribution in [1.82, 2.24) is 0 Å². The minimum absolute atomic E-state index is 0.0234. The second-order valence-corrected chi connectivity index (χ2v) is 10.8. The minimum Gasteiger partial charge on any atom is -0.495 e. The first-order valence-electron chi connectivity index (χ1n) is 12.0. The Hall–Kier alpha value is -3.85. The number of nitrogens with one attached hydrogen (secondary N) is 1. The number of benzene rings is 3. The van der Waals surface area contributed by atoms with Gasteiger partial charge in [-0.15, -0.1) is 0 Å². The van der Waals surface area contributed by atoms with Gasteiger partial charge in [0.2, 0.25) is 5.91 Å². The standard InChI is InChI=1S/C28H30N2O6S/c1-4-36-27(32)28(16-17-28)21-11-13-22(14-12-21)29-26(31)19-30(23-8-6-5-7-9-23)37(33,34)25-18-20(2)10-15-24(25)35-3/h5-15,18H,4,16-17,19H2,1-3H3,(H,29,31). The summed E-state index contributed by atoms with van der Waals surface area (Å²) in [6.45, 7) is 3.44. The van der Waals surface area contributed by atoms with E-state index in [1.807, 2.05) is 0 Å². The number of methoxy groups -OCH3 is 1. The Bertz CT molecular complexity index is 1380. The molecule has 0 aromatic heterocycles. The lowest BCUT2D eigenvalue weighted by molar-refractivity contribution is -0.146. The van der Waals surface area contributed by atoms with Gasteiger partial charge in [-0.1, -0.05) is 36.4 Å². The third-order valence-electron chi connectivity index (χ3n) is 6.36. The van der Waals surface area contributed by atoms with Gasteiger partial charge in [0, 0.05) is 5.69 Å². The highest BCUT2D eigenvalue weighted by Crippen LogP contribution is 2.49. The van der Waals surface area contributed by atoms with Crippen molar-refractivity contribution in [3.05, 3.63) is 83.9 Å². The smallest absolute Gasteiger partial charge is 0.316 e. The number of carbonyl (C=O) groups is 2. The highest BCUT2D eigenvalue weighted by atomic mass is 32.2. The Balaban J connectivity index is 1.57. The normalized spacial score (nSPS) is 13.9. The third kappa shape index (κ3) is 5.46. The van der Waals surface area contributed by atoms with Crippen molar-refractivity contribution < 1.29 is 27.5 Å². The van der Waals surface area contributed by atoms with Crippen LogP contribution in [0.2, 0.25) is 0 Å². The number of carbonyl (C=O) groups excluding carboxylic acids is 2. The molecule has 1 aliphatic carbocycles. The predicted molar refractivity (Wildman–Crippen MR) is 141 cm³/mol. The van der Waals surface area contributed by atoms with E-state index in [0.29, 0.717) is 18.0 Å². The zero-order valence-electron chi connectivity index (χ0n) is 21.1. The minimum atomic E-state index is -4.14. The molecule has 1 aliphatic rings. The fourth-order valence-corrected chi connectivity index (χ4v) is 5.89. The quantitative estimate of drug-likeness (QED) is 0.395. The lowest BCUT2D eigenvalue weighted by Crippen LogP contribution is -2.38. The van der Waals surface area contributed by atoms with Gasteiger partial charge in [-0.25, -0.2) is 8.42 Å². The SMILES string of the molecule is CCOC(=O)C1(c2ccc(NC(=O)CN(c3ccccc3)S(=O)(=O)c3cc(C)ccc3OC)cc2)CC1. The van der Waals surface area contributed by atoms with E-state index in [4.69, 9.17) is 9.47 Å². The topological polar surface area (TPSA) is 102 Å². The average Bonchev–Trinajstić information content (AvgIpc) is 3.70. The molecule has 37 heavy (non-hydrogen) atoms. The van der Waals surface area contributed by atoms with Crippen LogP contribution < -0.4 is 14.4 Å². The molecular weight excluding hydrogens is 492 g/mol. The number of anilines is 2. The molecule has 0 heterocycles. The fourth-order valence-electron chi connectivity index (χ4n) is 4.22. The first-order chi connectivity index (χ1) is 17.7. The maximum atomic E-state index is 13.8. The first kappa shape index (κ1) is 26.2. The average molecular weight is 523 g/mol. The maximum Gasteiger partial charge on any atom is 0.316 e. The van der Waals surface area contributed by atoms with E-state index in [0.717, 1.165) is 28.3 Å². The van der Waals surface area contributed by atoms with Crippen LogP contribution in [-0.2, 0) is 29.8 Å². The van der Waals surface area contributed by atoms with Gasteiger partial charge in [-0.05, 0) is 74.2 Å². The Kier molecular flexibility index (Phi) is 7.54. The number of nitrogens with zero attached hydrogens (tertiary/aromatic N) is 1. The second kappa shape index (κ2) is 10.6. The van der Waals surface area contributed by atoms with Crippen LogP contribution in [0.5, 0.6) is 5.75 Å². The van der Waals surface area contributed by atoms with E-state index in [1.165, 1.54) is 13.2 Å². The second-order valence-electron chi connectivity index (χ2n) is 8.93. The van der Waals surface area contributed by atoms with Crippen molar-refractivity contribution in [3.63, 3.8) is 0 Å². The molecule has 0 unspecified atom stereocenters. The zero-order valence-corrected chi connectivity index (χ0v) is 21.9. The van der Waals surface area contributed by atoms with Crippen molar-refractivity contribution in [1.29, 1.82) is 0 Å². The molecule has 8 nitrogen and oxygen atoms in total. The highest BCUT2D eigenvalue weighted by molar-refractivity contribution is 7.93. The van der Waals surface area contributed by atoms with E-state index in [9.17, 15) is 18.0 Å². The molecule has 0 bridgehead atoms. The Morgan fingerprint density at radius 2 is 1.68 bits per heavy atom. The summed E-state index contributed by atoms with van der Waals surface area (Å²) in [5.74, 6) is -0.557. The van der Waals surface area contributed by atoms with Crippen molar-refractivity contribution in [2.24, 2.45) is 0 Å². The van der Waals surface area contributed by atoms with Gasteiger partial charge in [-0.2, -0.15) is 0 Å². The van der Waals surface area contributed by atoms with Crippen LogP contribution in [0.15, 0.2) is 77.7 Å². The van der Waals surface area contributed by atoms with Crippen LogP contribution in [0, 0.1) is 6.92 Å². The molecule has 0 aliphatic heterocycles. The van der Waals surface area contributed by atoms with Gasteiger partial charge >= 0.3 is 5.97 Å². The molecule has 3 aromatic carbocycles. The summed E-state index contributed by atoms with van der Waals surface area (Å²) in [4.78, 5) is 25.4. The number of rotatable bonds is 10. The van der Waals surface area contributed by atoms with Crippen LogP contribution in [0.3, 0.4) is 0 Å². The monoisotopic (exact) mass is 522 g/mol. The summed E-state index contributed by atoms with van der Waals surface area (Å²) < 4.78 is 39.1. The lowest BCUT2D eigenvalue weighted by Gasteiger charge is -2.25. The highest BCUT2D eigenvalue weighted by Gasteiger charge is 2.52. The van der Waals surface area contributed by atoms with E-state index in [-0.39, 0.29) is 16.6 Å². The van der Waals surface area contributed by atoms with Gasteiger partial charge < -0.3 is 14.8 Å². The van der Waals surface area contributed by atoms with E-state index < -0.39 is 27.9 Å². The maximum absolute atomic E-state index is 13.8. The Morgan fingerprint density at radius 1 is 1.00 bits per heavy atom. The van der Waals surface area contributed by atoms with E-state index in [1.54, 1.807) is 80.6 Å². The van der Waals surface area contributed by atoms with Gasteiger partial charge in [0.1, 0.15) is 17.2 Å². The molecule has 1 saturated carbocycles. The molecule has 3 aromatic rings. The van der Waals surface area contributed by atoms with Gasteiger partial charge in [0.05, 0.1) is 24.8 Å². The molecule has 4 rings (SSSR count). The van der Waals surface area contributed by atoms with E-state index >= 15 is 0 Å².